The predicted octanol–water partition coefficient (Wildman–Crippen LogP) is 0.0873. The molecule has 2 heterocycles. The molecule has 0 saturated carbocycles. The van der Waals surface area contributed by atoms with Gasteiger partial charge < -0.3 is 4.74 Å². The maximum Gasteiger partial charge on any atom is 0.214 e. The van der Waals surface area contributed by atoms with E-state index in [4.69, 9.17) is 4.74 Å². The van der Waals surface area contributed by atoms with Crippen LogP contribution in [0, 0.1) is 0 Å². The molecule has 18 heavy (non-hydrogen) atoms. The molecular formula is C11H22N2O3S2. The molecule has 0 aromatic carbocycles. The molecule has 0 N–H and O–H groups in total. The van der Waals surface area contributed by atoms with Crippen molar-refractivity contribution in [3.63, 3.8) is 0 Å². The van der Waals surface area contributed by atoms with E-state index in [1.807, 2.05) is 11.8 Å². The molecule has 0 atom stereocenters. The second kappa shape index (κ2) is 7.09. The standard InChI is InChI=1S/C11H22N2O3S2/c14-18(15,13-5-9-17-10-6-13)11-1-2-12-3-7-16-8-4-12/h1-11H2. The van der Waals surface area contributed by atoms with Gasteiger partial charge in [0, 0.05) is 37.7 Å². The Hall–Kier alpha value is 0.180. The van der Waals surface area contributed by atoms with E-state index < -0.39 is 10.0 Å². The zero-order valence-electron chi connectivity index (χ0n) is 10.7. The highest BCUT2D eigenvalue weighted by Gasteiger charge is 2.23. The van der Waals surface area contributed by atoms with Crippen molar-refractivity contribution in [1.29, 1.82) is 0 Å². The van der Waals surface area contributed by atoms with E-state index in [2.05, 4.69) is 4.90 Å². The molecule has 0 aliphatic carbocycles. The fourth-order valence-corrected chi connectivity index (χ4v) is 4.87. The summed E-state index contributed by atoms with van der Waals surface area (Å²) < 4.78 is 31.1. The summed E-state index contributed by atoms with van der Waals surface area (Å²) in [5.74, 6) is 2.15. The number of ether oxygens (including phenoxy) is 1. The number of nitrogens with zero attached hydrogens (tertiary/aromatic N) is 2. The molecule has 7 heteroatoms. The molecule has 2 fully saturated rings. The largest absolute Gasteiger partial charge is 0.379 e. The van der Waals surface area contributed by atoms with Crippen LogP contribution in [0.15, 0.2) is 0 Å². The fourth-order valence-electron chi connectivity index (χ4n) is 2.25. The molecule has 2 saturated heterocycles. The minimum Gasteiger partial charge on any atom is -0.379 e. The molecule has 2 aliphatic rings. The number of morpholine rings is 1. The molecule has 2 aliphatic heterocycles. The molecule has 2 rings (SSSR count). The third kappa shape index (κ3) is 4.38. The Morgan fingerprint density at radius 2 is 1.72 bits per heavy atom. The first-order valence-electron chi connectivity index (χ1n) is 6.54. The van der Waals surface area contributed by atoms with Crippen molar-refractivity contribution >= 4 is 21.8 Å². The highest BCUT2D eigenvalue weighted by Crippen LogP contribution is 2.14. The monoisotopic (exact) mass is 294 g/mol. The van der Waals surface area contributed by atoms with Crippen LogP contribution in [0.25, 0.3) is 0 Å². The van der Waals surface area contributed by atoms with Crippen LogP contribution in [-0.2, 0) is 14.8 Å². The zero-order valence-corrected chi connectivity index (χ0v) is 12.3. The van der Waals surface area contributed by atoms with Crippen LogP contribution in [-0.4, -0.2) is 80.8 Å². The molecule has 0 unspecified atom stereocenters. The summed E-state index contributed by atoms with van der Waals surface area (Å²) in [5, 5.41) is 0. The van der Waals surface area contributed by atoms with Crippen LogP contribution in [0.3, 0.4) is 0 Å². The van der Waals surface area contributed by atoms with Gasteiger partial charge in [-0.15, -0.1) is 0 Å². The third-order valence-electron chi connectivity index (χ3n) is 3.34. The van der Waals surface area contributed by atoms with Gasteiger partial charge >= 0.3 is 0 Å². The van der Waals surface area contributed by atoms with Crippen LogP contribution >= 0.6 is 11.8 Å². The first-order chi connectivity index (χ1) is 8.68. The summed E-state index contributed by atoms with van der Waals surface area (Å²) in [7, 11) is -3.02. The number of hydrogen-bond donors (Lipinski definition) is 0. The van der Waals surface area contributed by atoms with E-state index in [0.717, 1.165) is 50.8 Å². The minimum absolute atomic E-state index is 0.287. The van der Waals surface area contributed by atoms with Crippen molar-refractivity contribution in [3.05, 3.63) is 0 Å². The maximum atomic E-state index is 12.1. The second-order valence-corrected chi connectivity index (χ2v) is 7.95. The lowest BCUT2D eigenvalue weighted by Crippen LogP contribution is -2.41. The number of hydrogen-bond acceptors (Lipinski definition) is 5. The van der Waals surface area contributed by atoms with Gasteiger partial charge in [-0.05, 0) is 13.0 Å². The molecule has 0 amide bonds. The Labute approximate surface area is 114 Å². The lowest BCUT2D eigenvalue weighted by atomic mass is 10.4. The highest BCUT2D eigenvalue weighted by molar-refractivity contribution is 7.99. The second-order valence-electron chi connectivity index (χ2n) is 4.63. The van der Waals surface area contributed by atoms with Gasteiger partial charge in [-0.25, -0.2) is 12.7 Å². The molecule has 0 aromatic heterocycles. The Balaban J connectivity index is 1.70. The molecule has 0 aromatic rings. The van der Waals surface area contributed by atoms with Crippen LogP contribution in [0.2, 0.25) is 0 Å². The summed E-state index contributed by atoms with van der Waals surface area (Å²) >= 11 is 1.83. The van der Waals surface area contributed by atoms with Crippen LogP contribution in [0.5, 0.6) is 0 Å². The van der Waals surface area contributed by atoms with Gasteiger partial charge in [0.15, 0.2) is 0 Å². The summed E-state index contributed by atoms with van der Waals surface area (Å²) in [6.07, 6.45) is 0.728. The van der Waals surface area contributed by atoms with E-state index in [1.54, 1.807) is 4.31 Å². The quantitative estimate of drug-likeness (QED) is 0.719. The number of sulfonamides is 1. The Bertz CT molecular complexity index is 336. The van der Waals surface area contributed by atoms with Crippen molar-refractivity contribution in [1.82, 2.24) is 9.21 Å². The molecule has 0 spiro atoms. The van der Waals surface area contributed by atoms with E-state index in [1.165, 1.54) is 0 Å². The van der Waals surface area contributed by atoms with Gasteiger partial charge in [-0.1, -0.05) is 0 Å². The first-order valence-corrected chi connectivity index (χ1v) is 9.30. The summed E-state index contributed by atoms with van der Waals surface area (Å²) in [4.78, 5) is 2.28. The van der Waals surface area contributed by atoms with Crippen molar-refractivity contribution in [3.8, 4) is 0 Å². The molecule has 106 valence electrons. The zero-order chi connectivity index (χ0) is 12.8. The molecule has 0 bridgehead atoms. The average molecular weight is 294 g/mol. The summed E-state index contributed by atoms with van der Waals surface area (Å²) in [6.45, 7) is 5.65. The summed E-state index contributed by atoms with van der Waals surface area (Å²) in [5.41, 5.74) is 0. The average Bonchev–Trinajstić information content (AvgIpc) is 2.41. The van der Waals surface area contributed by atoms with Crippen molar-refractivity contribution in [2.75, 3.05) is 63.2 Å². The normalized spacial score (nSPS) is 24.2. The SMILES string of the molecule is O=S(=O)(CCCN1CCOCC1)N1CCSCC1. The predicted molar refractivity (Wildman–Crippen MR) is 74.6 cm³/mol. The lowest BCUT2D eigenvalue weighted by Gasteiger charge is -2.28. The Morgan fingerprint density at radius 3 is 2.39 bits per heavy atom. The Kier molecular flexibility index (Phi) is 5.75. The number of thioether (sulfide) groups is 1. The molecule has 5 nitrogen and oxygen atoms in total. The van der Waals surface area contributed by atoms with Crippen molar-refractivity contribution in [2.45, 2.75) is 6.42 Å². The third-order valence-corrected chi connectivity index (χ3v) is 6.24. The minimum atomic E-state index is -3.02. The van der Waals surface area contributed by atoms with Crippen LogP contribution in [0.1, 0.15) is 6.42 Å². The van der Waals surface area contributed by atoms with Gasteiger partial charge in [0.25, 0.3) is 0 Å². The highest BCUT2D eigenvalue weighted by atomic mass is 32.2. The van der Waals surface area contributed by atoms with E-state index >= 15 is 0 Å². The van der Waals surface area contributed by atoms with Gasteiger partial charge in [-0.2, -0.15) is 11.8 Å². The van der Waals surface area contributed by atoms with E-state index in [-0.39, 0.29) is 5.75 Å². The Morgan fingerprint density at radius 1 is 1.06 bits per heavy atom. The van der Waals surface area contributed by atoms with E-state index in [9.17, 15) is 8.42 Å². The van der Waals surface area contributed by atoms with Crippen molar-refractivity contribution < 1.29 is 13.2 Å². The molecular weight excluding hydrogens is 272 g/mol. The lowest BCUT2D eigenvalue weighted by molar-refractivity contribution is 0.0380. The van der Waals surface area contributed by atoms with Gasteiger partial charge in [0.1, 0.15) is 0 Å². The van der Waals surface area contributed by atoms with E-state index in [0.29, 0.717) is 13.1 Å². The van der Waals surface area contributed by atoms with Gasteiger partial charge in [0.2, 0.25) is 10.0 Å². The van der Waals surface area contributed by atoms with Gasteiger partial charge in [-0.3, -0.25) is 4.90 Å². The van der Waals surface area contributed by atoms with Crippen LogP contribution < -0.4 is 0 Å². The molecule has 0 radical (unpaired) electrons. The first kappa shape index (κ1) is 14.6. The van der Waals surface area contributed by atoms with Crippen molar-refractivity contribution in [2.24, 2.45) is 0 Å². The maximum absolute atomic E-state index is 12.1. The smallest absolute Gasteiger partial charge is 0.214 e. The van der Waals surface area contributed by atoms with Crippen LogP contribution in [0.4, 0.5) is 0 Å². The van der Waals surface area contributed by atoms with Gasteiger partial charge in [0.05, 0.1) is 19.0 Å². The summed E-state index contributed by atoms with van der Waals surface area (Å²) in [6, 6.07) is 0. The topological polar surface area (TPSA) is 49.9 Å². The number of rotatable bonds is 5. The fraction of sp³-hybridized carbons (Fsp3) is 1.00.